The first-order chi connectivity index (χ1) is 15.9. The van der Waals surface area contributed by atoms with E-state index in [1.54, 1.807) is 0 Å². The average Bonchev–Trinajstić information content (AvgIpc) is 2.77. The molecule has 3 rings (SSSR count). The SMILES string of the molecule is COC(=O)C(OC(C)(C)C)c1c(C)ccc(OCc2ccc(C)cc2)c1C1=CCC(C)(C)CC1. The third-order valence-electron chi connectivity index (χ3n) is 6.38. The first kappa shape index (κ1) is 26.0. The maximum atomic E-state index is 13.0. The predicted octanol–water partition coefficient (Wildman–Crippen LogP) is 7.51. The number of methoxy groups -OCH3 is 1. The summed E-state index contributed by atoms with van der Waals surface area (Å²) in [6.07, 6.45) is 4.46. The van der Waals surface area contributed by atoms with Crippen LogP contribution in [-0.2, 0) is 20.9 Å². The van der Waals surface area contributed by atoms with E-state index >= 15 is 0 Å². The normalized spacial score (nSPS) is 16.5. The van der Waals surface area contributed by atoms with Crippen molar-refractivity contribution in [2.24, 2.45) is 5.41 Å². The van der Waals surface area contributed by atoms with Crippen LogP contribution in [-0.4, -0.2) is 18.7 Å². The molecule has 4 nitrogen and oxygen atoms in total. The van der Waals surface area contributed by atoms with Gasteiger partial charge in [-0.15, -0.1) is 0 Å². The van der Waals surface area contributed by atoms with Crippen molar-refractivity contribution in [2.75, 3.05) is 7.11 Å². The van der Waals surface area contributed by atoms with Gasteiger partial charge in [-0.1, -0.05) is 55.8 Å². The third-order valence-corrected chi connectivity index (χ3v) is 6.38. The minimum Gasteiger partial charge on any atom is -0.488 e. The van der Waals surface area contributed by atoms with E-state index in [1.165, 1.54) is 18.2 Å². The Balaban J connectivity index is 2.12. The summed E-state index contributed by atoms with van der Waals surface area (Å²) in [5.41, 5.74) is 6.08. The van der Waals surface area contributed by atoms with Crippen LogP contribution < -0.4 is 4.74 Å². The molecule has 0 fully saturated rings. The maximum Gasteiger partial charge on any atom is 0.339 e. The summed E-state index contributed by atoms with van der Waals surface area (Å²) in [7, 11) is 1.41. The molecule has 0 N–H and O–H groups in total. The molecule has 0 amide bonds. The standard InChI is InChI=1S/C30H40O4/c1-20-9-12-22(13-10-20)19-33-24-14-11-21(2)25(27(28(31)32-8)34-29(3,4)5)26(24)23-15-17-30(6,7)18-16-23/h9-15,27H,16-19H2,1-8H3. The third kappa shape index (κ3) is 6.50. The Hall–Kier alpha value is -2.59. The first-order valence-electron chi connectivity index (χ1n) is 12.2. The van der Waals surface area contributed by atoms with Crippen LogP contribution in [0.3, 0.4) is 0 Å². The van der Waals surface area contributed by atoms with Gasteiger partial charge in [0.1, 0.15) is 12.4 Å². The lowest BCUT2D eigenvalue weighted by Gasteiger charge is -2.33. The molecule has 1 unspecified atom stereocenters. The molecular formula is C30H40O4. The van der Waals surface area contributed by atoms with E-state index in [-0.39, 0.29) is 5.41 Å². The fraction of sp³-hybridized carbons (Fsp3) is 0.500. The summed E-state index contributed by atoms with van der Waals surface area (Å²) in [6, 6.07) is 12.4. The largest absolute Gasteiger partial charge is 0.488 e. The van der Waals surface area contributed by atoms with Crippen LogP contribution >= 0.6 is 0 Å². The van der Waals surface area contributed by atoms with Gasteiger partial charge in [0, 0.05) is 11.1 Å². The Labute approximate surface area is 205 Å². The van der Waals surface area contributed by atoms with Gasteiger partial charge in [0.25, 0.3) is 0 Å². The van der Waals surface area contributed by atoms with Crippen molar-refractivity contribution < 1.29 is 19.0 Å². The van der Waals surface area contributed by atoms with Gasteiger partial charge < -0.3 is 14.2 Å². The van der Waals surface area contributed by atoms with Gasteiger partial charge in [0.05, 0.1) is 12.7 Å². The van der Waals surface area contributed by atoms with Crippen molar-refractivity contribution in [3.63, 3.8) is 0 Å². The molecule has 0 spiro atoms. The molecule has 184 valence electrons. The van der Waals surface area contributed by atoms with Crippen molar-refractivity contribution >= 4 is 11.5 Å². The summed E-state index contributed by atoms with van der Waals surface area (Å²) < 4.78 is 17.9. The molecule has 0 radical (unpaired) electrons. The van der Waals surface area contributed by atoms with E-state index < -0.39 is 17.7 Å². The molecule has 0 bridgehead atoms. The van der Waals surface area contributed by atoms with Crippen molar-refractivity contribution in [1.29, 1.82) is 0 Å². The molecule has 0 saturated carbocycles. The van der Waals surface area contributed by atoms with Crippen LogP contribution in [0.15, 0.2) is 42.5 Å². The minimum absolute atomic E-state index is 0.264. The average molecular weight is 465 g/mol. The molecule has 4 heteroatoms. The number of benzene rings is 2. The van der Waals surface area contributed by atoms with E-state index in [2.05, 4.69) is 51.1 Å². The van der Waals surface area contributed by atoms with Crippen molar-refractivity contribution in [1.82, 2.24) is 0 Å². The van der Waals surface area contributed by atoms with Crippen molar-refractivity contribution in [2.45, 2.75) is 86.0 Å². The molecule has 1 aliphatic rings. The number of esters is 1. The summed E-state index contributed by atoms with van der Waals surface area (Å²) in [4.78, 5) is 13.0. The van der Waals surface area contributed by atoms with Gasteiger partial charge in [0.15, 0.2) is 6.10 Å². The summed E-state index contributed by atoms with van der Waals surface area (Å²) >= 11 is 0. The van der Waals surface area contributed by atoms with Crippen LogP contribution in [0.5, 0.6) is 5.75 Å². The second kappa shape index (κ2) is 10.4. The molecule has 2 aromatic rings. The van der Waals surface area contributed by atoms with E-state index in [0.29, 0.717) is 6.61 Å². The number of rotatable bonds is 7. The van der Waals surface area contributed by atoms with E-state index in [9.17, 15) is 4.79 Å². The summed E-state index contributed by atoms with van der Waals surface area (Å²) in [5, 5.41) is 0. The highest BCUT2D eigenvalue weighted by atomic mass is 16.6. The van der Waals surface area contributed by atoms with Crippen molar-refractivity contribution in [3.8, 4) is 5.75 Å². The van der Waals surface area contributed by atoms with Crippen molar-refractivity contribution in [3.05, 3.63) is 70.3 Å². The van der Waals surface area contributed by atoms with Gasteiger partial charge in [0.2, 0.25) is 0 Å². The molecule has 0 aliphatic heterocycles. The molecule has 2 aromatic carbocycles. The molecule has 0 aromatic heterocycles. The number of ether oxygens (including phenoxy) is 3. The summed E-state index contributed by atoms with van der Waals surface area (Å²) in [5.74, 6) is 0.380. The lowest BCUT2D eigenvalue weighted by atomic mass is 9.75. The van der Waals surface area contributed by atoms with Gasteiger partial charge in [-0.25, -0.2) is 4.79 Å². The Morgan fingerprint density at radius 1 is 1.06 bits per heavy atom. The predicted molar refractivity (Wildman–Crippen MR) is 138 cm³/mol. The van der Waals surface area contributed by atoms with Crippen LogP contribution in [0.25, 0.3) is 5.57 Å². The number of allylic oxidation sites excluding steroid dienone is 2. The molecule has 34 heavy (non-hydrogen) atoms. The van der Waals surface area contributed by atoms with Gasteiger partial charge in [-0.2, -0.15) is 0 Å². The molecular weight excluding hydrogens is 424 g/mol. The zero-order valence-corrected chi connectivity index (χ0v) is 22.1. The molecule has 1 atom stereocenters. The van der Waals surface area contributed by atoms with Crippen LogP contribution in [0.4, 0.5) is 0 Å². The van der Waals surface area contributed by atoms with Gasteiger partial charge in [-0.3, -0.25) is 0 Å². The van der Waals surface area contributed by atoms with Gasteiger partial charge >= 0.3 is 5.97 Å². The highest BCUT2D eigenvalue weighted by Gasteiger charge is 2.34. The first-order valence-corrected chi connectivity index (χ1v) is 12.2. The second-order valence-electron chi connectivity index (χ2n) is 11.2. The zero-order chi connectivity index (χ0) is 25.1. The number of aryl methyl sites for hydroxylation is 2. The number of carbonyl (C=O) groups excluding carboxylic acids is 1. The summed E-state index contributed by atoms with van der Waals surface area (Å²) in [6.45, 7) is 15.0. The number of hydrogen-bond acceptors (Lipinski definition) is 4. The number of hydrogen-bond donors (Lipinski definition) is 0. The smallest absolute Gasteiger partial charge is 0.339 e. The lowest BCUT2D eigenvalue weighted by Crippen LogP contribution is -2.29. The Morgan fingerprint density at radius 3 is 2.29 bits per heavy atom. The van der Waals surface area contributed by atoms with Gasteiger partial charge in [-0.05, 0) is 82.1 Å². The highest BCUT2D eigenvalue weighted by molar-refractivity contribution is 5.83. The van der Waals surface area contributed by atoms with Crippen LogP contribution in [0.1, 0.15) is 87.8 Å². The molecule has 1 aliphatic carbocycles. The van der Waals surface area contributed by atoms with E-state index in [0.717, 1.165) is 47.3 Å². The Kier molecular flexibility index (Phi) is 7.92. The fourth-order valence-corrected chi connectivity index (χ4v) is 4.33. The maximum absolute atomic E-state index is 13.0. The molecule has 0 saturated heterocycles. The Bertz CT molecular complexity index is 1040. The lowest BCUT2D eigenvalue weighted by molar-refractivity contribution is -0.164. The van der Waals surface area contributed by atoms with E-state index in [4.69, 9.17) is 14.2 Å². The highest BCUT2D eigenvalue weighted by Crippen LogP contribution is 2.45. The van der Waals surface area contributed by atoms with E-state index in [1.807, 2.05) is 39.8 Å². The Morgan fingerprint density at radius 2 is 1.74 bits per heavy atom. The zero-order valence-electron chi connectivity index (χ0n) is 22.1. The number of carbonyl (C=O) groups is 1. The van der Waals surface area contributed by atoms with Crippen LogP contribution in [0, 0.1) is 19.3 Å². The fourth-order valence-electron chi connectivity index (χ4n) is 4.33. The monoisotopic (exact) mass is 464 g/mol. The quantitative estimate of drug-likeness (QED) is 0.398. The van der Waals surface area contributed by atoms with Crippen LogP contribution in [0.2, 0.25) is 0 Å². The minimum atomic E-state index is -0.834. The topological polar surface area (TPSA) is 44.8 Å². The molecule has 0 heterocycles. The second-order valence-corrected chi connectivity index (χ2v) is 11.2.